The highest BCUT2D eigenvalue weighted by atomic mass is 16.5. The van der Waals surface area contributed by atoms with E-state index >= 15 is 0 Å². The Morgan fingerprint density at radius 1 is 1.19 bits per heavy atom. The molecule has 4 rings (SSSR count). The predicted molar refractivity (Wildman–Crippen MR) is 134 cm³/mol. The number of benzene rings is 1. The summed E-state index contributed by atoms with van der Waals surface area (Å²) in [5.41, 5.74) is 5.34. The van der Waals surface area contributed by atoms with E-state index in [-0.39, 0.29) is 52.4 Å². The van der Waals surface area contributed by atoms with Gasteiger partial charge < -0.3 is 25.3 Å². The minimum atomic E-state index is -0.582. The van der Waals surface area contributed by atoms with Crippen molar-refractivity contribution in [2.24, 2.45) is 7.05 Å². The van der Waals surface area contributed by atoms with Crippen molar-refractivity contribution in [3.63, 3.8) is 0 Å². The monoisotopic (exact) mass is 512 g/mol. The summed E-state index contributed by atoms with van der Waals surface area (Å²) in [7, 11) is 2.87. The second-order valence-electron chi connectivity index (χ2n) is 8.17. The van der Waals surface area contributed by atoms with Gasteiger partial charge in [0.2, 0.25) is 11.9 Å². The molecule has 14 heteroatoms. The van der Waals surface area contributed by atoms with E-state index in [4.69, 9.17) is 19.9 Å². The number of hydrogen-bond donors (Lipinski definition) is 3. The van der Waals surface area contributed by atoms with Crippen LogP contribution in [0, 0.1) is 0 Å². The Bertz CT molecular complexity index is 1340. The van der Waals surface area contributed by atoms with Gasteiger partial charge in [-0.05, 0) is 12.1 Å². The molecule has 1 aliphatic rings. The van der Waals surface area contributed by atoms with Crippen LogP contribution in [0.15, 0.2) is 29.3 Å². The van der Waals surface area contributed by atoms with Crippen LogP contribution in [0.2, 0.25) is 0 Å². The topological polar surface area (TPSA) is 176 Å². The number of nitrogens with one attached hydrogen (secondary N) is 2. The normalized spacial score (nSPS) is 13.8. The fraction of sp³-hybridized carbons (Fsp3) is 0.391. The highest BCUT2D eigenvalue weighted by molar-refractivity contribution is 6.03. The molecule has 1 aliphatic heterocycles. The summed E-state index contributed by atoms with van der Waals surface area (Å²) in [6, 6.07) is 3.06. The van der Waals surface area contributed by atoms with Crippen LogP contribution in [-0.2, 0) is 16.6 Å². The molecule has 0 unspecified atom stereocenters. The fourth-order valence-electron chi connectivity index (χ4n) is 3.72. The van der Waals surface area contributed by atoms with E-state index in [0.717, 1.165) is 19.6 Å². The number of nitrogens with two attached hydrogens (primary N) is 1. The van der Waals surface area contributed by atoms with Gasteiger partial charge >= 0.3 is 0 Å². The van der Waals surface area contributed by atoms with Crippen molar-refractivity contribution >= 4 is 34.6 Å². The number of carbonyl (C=O) groups is 2. The molecule has 14 nitrogen and oxygen atoms in total. The van der Waals surface area contributed by atoms with Crippen molar-refractivity contribution in [2.75, 3.05) is 64.2 Å². The average Bonchev–Trinajstić information content (AvgIpc) is 2.91. The molecule has 3 aromatic rings. The van der Waals surface area contributed by atoms with E-state index in [1.54, 1.807) is 0 Å². The summed E-state index contributed by atoms with van der Waals surface area (Å²) < 4.78 is 17.7. The number of anilines is 2. The van der Waals surface area contributed by atoms with Gasteiger partial charge in [-0.3, -0.25) is 29.2 Å². The second-order valence-corrected chi connectivity index (χ2v) is 8.17. The van der Waals surface area contributed by atoms with Gasteiger partial charge in [0.25, 0.3) is 17.4 Å². The standard InChI is InChI=1S/C23H28N8O6/c1-30-21(34)15-3-4-16(37-13-17(32)25-5-6-31-7-9-36-10-8-31)19(35-2)18(15)28-23(30)29-20(33)14-11-26-22(24)27-12-14/h3-4,11-12H,5-10,13H2,1-2H3,(H,25,32)(H2,24,26,27)(H,28,29,33). The van der Waals surface area contributed by atoms with Crippen molar-refractivity contribution in [3.8, 4) is 11.5 Å². The van der Waals surface area contributed by atoms with Crippen LogP contribution in [0.3, 0.4) is 0 Å². The van der Waals surface area contributed by atoms with Crippen LogP contribution >= 0.6 is 0 Å². The van der Waals surface area contributed by atoms with Crippen LogP contribution in [0.1, 0.15) is 10.4 Å². The lowest BCUT2D eigenvalue weighted by atomic mass is 10.2. The molecule has 2 amide bonds. The van der Waals surface area contributed by atoms with Crippen molar-refractivity contribution in [1.82, 2.24) is 29.7 Å². The fourth-order valence-corrected chi connectivity index (χ4v) is 3.72. The summed E-state index contributed by atoms with van der Waals surface area (Å²) in [5.74, 6) is -0.509. The largest absolute Gasteiger partial charge is 0.491 e. The van der Waals surface area contributed by atoms with E-state index in [2.05, 4.69) is 30.5 Å². The zero-order chi connectivity index (χ0) is 26.4. The van der Waals surface area contributed by atoms with Crippen molar-refractivity contribution < 1.29 is 23.8 Å². The van der Waals surface area contributed by atoms with Crippen molar-refractivity contribution in [1.29, 1.82) is 0 Å². The minimum absolute atomic E-state index is 0.0239. The minimum Gasteiger partial charge on any atom is -0.491 e. The lowest BCUT2D eigenvalue weighted by Crippen LogP contribution is -2.42. The smallest absolute Gasteiger partial charge is 0.262 e. The molecule has 0 atom stereocenters. The predicted octanol–water partition coefficient (Wildman–Crippen LogP) is -0.606. The number of hydrogen-bond acceptors (Lipinski definition) is 11. The highest BCUT2D eigenvalue weighted by Gasteiger charge is 2.19. The van der Waals surface area contributed by atoms with Crippen LogP contribution in [0.25, 0.3) is 10.9 Å². The molecule has 0 radical (unpaired) electrons. The lowest BCUT2D eigenvalue weighted by Gasteiger charge is -2.26. The maximum Gasteiger partial charge on any atom is 0.262 e. The Balaban J connectivity index is 1.48. The number of nitrogen functional groups attached to an aromatic ring is 1. The maximum atomic E-state index is 13.0. The number of aromatic nitrogens is 4. The molecule has 0 saturated carbocycles. The maximum absolute atomic E-state index is 13.0. The van der Waals surface area contributed by atoms with Gasteiger partial charge in [0, 0.05) is 45.6 Å². The Labute approximate surface area is 211 Å². The first-order chi connectivity index (χ1) is 17.9. The van der Waals surface area contributed by atoms with Crippen LogP contribution < -0.4 is 31.4 Å². The second kappa shape index (κ2) is 11.6. The third kappa shape index (κ3) is 6.10. The molecule has 1 saturated heterocycles. The molecule has 1 fully saturated rings. The first kappa shape index (κ1) is 25.8. The average molecular weight is 513 g/mol. The Morgan fingerprint density at radius 2 is 1.92 bits per heavy atom. The number of nitrogens with zero attached hydrogens (tertiary/aromatic N) is 5. The van der Waals surface area contributed by atoms with E-state index in [1.165, 1.54) is 43.3 Å². The van der Waals surface area contributed by atoms with Gasteiger partial charge in [-0.25, -0.2) is 15.0 Å². The number of ether oxygens (including phenoxy) is 3. The van der Waals surface area contributed by atoms with E-state index < -0.39 is 11.5 Å². The van der Waals surface area contributed by atoms with E-state index in [1.807, 2.05) is 0 Å². The Morgan fingerprint density at radius 3 is 2.62 bits per heavy atom. The summed E-state index contributed by atoms with van der Waals surface area (Å²) >= 11 is 0. The number of carbonyl (C=O) groups excluding carboxylic acids is 2. The number of fused-ring (bicyclic) bond motifs is 1. The highest BCUT2D eigenvalue weighted by Crippen LogP contribution is 2.33. The molecule has 3 heterocycles. The Hall–Kier alpha value is -4.30. The molecule has 0 aliphatic carbocycles. The van der Waals surface area contributed by atoms with Gasteiger partial charge in [0.15, 0.2) is 18.1 Å². The summed E-state index contributed by atoms with van der Waals surface area (Å²) in [5, 5.41) is 5.64. The molecule has 0 spiro atoms. The summed E-state index contributed by atoms with van der Waals surface area (Å²) in [4.78, 5) is 52.1. The molecular formula is C23H28N8O6. The van der Waals surface area contributed by atoms with Crippen LogP contribution in [-0.4, -0.2) is 89.3 Å². The molecule has 2 aromatic heterocycles. The molecule has 4 N–H and O–H groups in total. The van der Waals surface area contributed by atoms with Gasteiger partial charge in [0.05, 0.1) is 31.3 Å². The van der Waals surface area contributed by atoms with E-state index in [0.29, 0.717) is 19.8 Å². The first-order valence-electron chi connectivity index (χ1n) is 11.5. The Kier molecular flexibility index (Phi) is 8.10. The van der Waals surface area contributed by atoms with Crippen molar-refractivity contribution in [3.05, 3.63) is 40.4 Å². The third-order valence-corrected chi connectivity index (χ3v) is 5.74. The zero-order valence-electron chi connectivity index (χ0n) is 20.5. The summed E-state index contributed by atoms with van der Waals surface area (Å²) in [6.45, 7) is 4.01. The van der Waals surface area contributed by atoms with Crippen molar-refractivity contribution in [2.45, 2.75) is 0 Å². The molecule has 0 bridgehead atoms. The van der Waals surface area contributed by atoms with Crippen LogP contribution in [0.4, 0.5) is 11.9 Å². The first-order valence-corrected chi connectivity index (χ1v) is 11.5. The zero-order valence-corrected chi connectivity index (χ0v) is 20.5. The van der Waals surface area contributed by atoms with Crippen LogP contribution in [0.5, 0.6) is 11.5 Å². The number of rotatable bonds is 9. The van der Waals surface area contributed by atoms with Gasteiger partial charge in [-0.15, -0.1) is 0 Å². The number of morpholine rings is 1. The number of amides is 2. The van der Waals surface area contributed by atoms with E-state index in [9.17, 15) is 14.4 Å². The number of methoxy groups -OCH3 is 1. The lowest BCUT2D eigenvalue weighted by molar-refractivity contribution is -0.123. The molecule has 37 heavy (non-hydrogen) atoms. The van der Waals surface area contributed by atoms with Gasteiger partial charge in [-0.2, -0.15) is 0 Å². The SMILES string of the molecule is COc1c(OCC(=O)NCCN2CCOCC2)ccc2c(=O)n(C)c(NC(=O)c3cnc(N)nc3)nc12. The van der Waals surface area contributed by atoms with Gasteiger partial charge in [0.1, 0.15) is 5.52 Å². The molecule has 1 aromatic carbocycles. The third-order valence-electron chi connectivity index (χ3n) is 5.74. The molecular weight excluding hydrogens is 484 g/mol. The quantitative estimate of drug-likeness (QED) is 0.333. The van der Waals surface area contributed by atoms with Gasteiger partial charge in [-0.1, -0.05) is 0 Å². The summed E-state index contributed by atoms with van der Waals surface area (Å²) in [6.07, 6.45) is 2.52. The molecule has 196 valence electrons.